The average molecular weight is 282 g/mol. The minimum Gasteiger partial charge on any atom is -0.327 e. The van der Waals surface area contributed by atoms with E-state index in [0.29, 0.717) is 6.04 Å². The van der Waals surface area contributed by atoms with Crippen LogP contribution in [0.4, 0.5) is 0 Å². The molecule has 2 nitrogen and oxygen atoms in total. The lowest BCUT2D eigenvalue weighted by Crippen LogP contribution is -2.22. The second-order valence-corrected chi connectivity index (χ2v) is 6.49. The van der Waals surface area contributed by atoms with Crippen molar-refractivity contribution in [2.45, 2.75) is 83.6 Å². The highest BCUT2D eigenvalue weighted by Crippen LogP contribution is 2.13. The standard InChI is InChI=1S/C16H30N2S/c1-2-3-4-5-6-7-8-9-10-11-15(17)14-16-18-12-13-19-16/h12-13,15H,2-11,14,17H2,1H3. The smallest absolute Gasteiger partial charge is 0.0940 e. The van der Waals surface area contributed by atoms with Gasteiger partial charge in [0, 0.05) is 24.0 Å². The summed E-state index contributed by atoms with van der Waals surface area (Å²) in [6, 6.07) is 0.302. The third-order valence-electron chi connectivity index (χ3n) is 3.60. The van der Waals surface area contributed by atoms with Crippen LogP contribution in [0.2, 0.25) is 0 Å². The number of hydrogen-bond acceptors (Lipinski definition) is 3. The van der Waals surface area contributed by atoms with E-state index in [1.807, 2.05) is 11.6 Å². The molecular weight excluding hydrogens is 252 g/mol. The van der Waals surface area contributed by atoms with Crippen molar-refractivity contribution in [3.05, 3.63) is 16.6 Å². The minimum absolute atomic E-state index is 0.302. The van der Waals surface area contributed by atoms with Crippen LogP contribution in [0.3, 0.4) is 0 Å². The zero-order valence-corrected chi connectivity index (χ0v) is 13.3. The molecule has 2 N–H and O–H groups in total. The molecule has 0 saturated heterocycles. The van der Waals surface area contributed by atoms with Gasteiger partial charge in [-0.3, -0.25) is 0 Å². The van der Waals surface area contributed by atoms with Gasteiger partial charge in [0.1, 0.15) is 0 Å². The van der Waals surface area contributed by atoms with E-state index in [-0.39, 0.29) is 0 Å². The Kier molecular flexibility index (Phi) is 10.0. The van der Waals surface area contributed by atoms with E-state index in [1.165, 1.54) is 62.8 Å². The van der Waals surface area contributed by atoms with Crippen LogP contribution in [-0.4, -0.2) is 11.0 Å². The van der Waals surface area contributed by atoms with Gasteiger partial charge < -0.3 is 5.73 Å². The van der Waals surface area contributed by atoms with Gasteiger partial charge in [-0.1, -0.05) is 64.7 Å². The van der Waals surface area contributed by atoms with Crippen LogP contribution in [0.5, 0.6) is 0 Å². The molecule has 0 radical (unpaired) electrons. The van der Waals surface area contributed by atoms with Gasteiger partial charge in [0.15, 0.2) is 0 Å². The van der Waals surface area contributed by atoms with E-state index < -0.39 is 0 Å². The Hall–Kier alpha value is -0.410. The molecule has 3 heteroatoms. The second kappa shape index (κ2) is 11.4. The van der Waals surface area contributed by atoms with Crippen molar-refractivity contribution in [1.29, 1.82) is 0 Å². The molecule has 0 amide bonds. The summed E-state index contributed by atoms with van der Waals surface area (Å²) in [6.45, 7) is 2.27. The highest BCUT2D eigenvalue weighted by Gasteiger charge is 2.05. The van der Waals surface area contributed by atoms with Gasteiger partial charge >= 0.3 is 0 Å². The molecule has 1 aromatic rings. The van der Waals surface area contributed by atoms with Gasteiger partial charge in [0.25, 0.3) is 0 Å². The first-order valence-corrected chi connectivity index (χ1v) is 8.85. The third kappa shape index (κ3) is 9.17. The normalized spacial score (nSPS) is 12.7. The van der Waals surface area contributed by atoms with E-state index in [1.54, 1.807) is 11.3 Å². The average Bonchev–Trinajstić information content (AvgIpc) is 2.89. The van der Waals surface area contributed by atoms with Crippen molar-refractivity contribution >= 4 is 11.3 Å². The van der Waals surface area contributed by atoms with E-state index in [0.717, 1.165) is 12.8 Å². The van der Waals surface area contributed by atoms with Crippen LogP contribution in [-0.2, 0) is 6.42 Å². The summed E-state index contributed by atoms with van der Waals surface area (Å²) in [5.41, 5.74) is 6.13. The van der Waals surface area contributed by atoms with Crippen molar-refractivity contribution in [1.82, 2.24) is 4.98 Å². The zero-order chi connectivity index (χ0) is 13.8. The first-order valence-electron chi connectivity index (χ1n) is 7.97. The Bertz CT molecular complexity index is 285. The predicted molar refractivity (Wildman–Crippen MR) is 85.6 cm³/mol. The van der Waals surface area contributed by atoms with Crippen LogP contribution in [0.25, 0.3) is 0 Å². The first-order chi connectivity index (χ1) is 9.33. The molecule has 19 heavy (non-hydrogen) atoms. The second-order valence-electron chi connectivity index (χ2n) is 5.51. The SMILES string of the molecule is CCCCCCCCCCCC(N)Cc1nccs1. The highest BCUT2D eigenvalue weighted by atomic mass is 32.1. The third-order valence-corrected chi connectivity index (χ3v) is 4.40. The fourth-order valence-corrected chi connectivity index (χ4v) is 3.11. The van der Waals surface area contributed by atoms with Crippen molar-refractivity contribution < 1.29 is 0 Å². The Morgan fingerprint density at radius 3 is 2.26 bits per heavy atom. The summed E-state index contributed by atoms with van der Waals surface area (Å²) in [4.78, 5) is 4.29. The summed E-state index contributed by atoms with van der Waals surface area (Å²) in [5.74, 6) is 0. The number of nitrogens with two attached hydrogens (primary N) is 1. The molecular formula is C16H30N2S. The Morgan fingerprint density at radius 2 is 1.68 bits per heavy atom. The van der Waals surface area contributed by atoms with Gasteiger partial charge in [-0.15, -0.1) is 11.3 Å². The van der Waals surface area contributed by atoms with Gasteiger partial charge in [-0.05, 0) is 6.42 Å². The summed E-state index contributed by atoms with van der Waals surface area (Å²) >= 11 is 1.72. The van der Waals surface area contributed by atoms with Crippen molar-refractivity contribution in [3.8, 4) is 0 Å². The molecule has 0 fully saturated rings. The number of aromatic nitrogens is 1. The molecule has 0 aliphatic carbocycles. The first kappa shape index (κ1) is 16.6. The molecule has 0 saturated carbocycles. The minimum atomic E-state index is 0.302. The monoisotopic (exact) mass is 282 g/mol. The Labute approximate surface area is 122 Å². The molecule has 0 aliphatic rings. The molecule has 0 spiro atoms. The molecule has 1 unspecified atom stereocenters. The number of hydrogen-bond donors (Lipinski definition) is 1. The van der Waals surface area contributed by atoms with Gasteiger partial charge in [0.2, 0.25) is 0 Å². The molecule has 1 atom stereocenters. The number of thiazole rings is 1. The number of nitrogens with zero attached hydrogens (tertiary/aromatic N) is 1. The Morgan fingerprint density at radius 1 is 1.05 bits per heavy atom. The van der Waals surface area contributed by atoms with Crippen molar-refractivity contribution in [2.75, 3.05) is 0 Å². The van der Waals surface area contributed by atoms with Crippen LogP contribution < -0.4 is 5.73 Å². The molecule has 0 bridgehead atoms. The van der Waals surface area contributed by atoms with Crippen molar-refractivity contribution in [2.24, 2.45) is 5.73 Å². The van der Waals surface area contributed by atoms with E-state index in [4.69, 9.17) is 5.73 Å². The highest BCUT2D eigenvalue weighted by molar-refractivity contribution is 7.09. The number of rotatable bonds is 12. The lowest BCUT2D eigenvalue weighted by molar-refractivity contribution is 0.521. The van der Waals surface area contributed by atoms with E-state index >= 15 is 0 Å². The quantitative estimate of drug-likeness (QED) is 0.552. The van der Waals surface area contributed by atoms with Gasteiger partial charge in [-0.2, -0.15) is 0 Å². The zero-order valence-electron chi connectivity index (χ0n) is 12.4. The molecule has 1 heterocycles. The van der Waals surface area contributed by atoms with Crippen LogP contribution in [0.15, 0.2) is 11.6 Å². The lowest BCUT2D eigenvalue weighted by Gasteiger charge is -2.09. The Balaban J connectivity index is 1.85. The van der Waals surface area contributed by atoms with Crippen LogP contribution >= 0.6 is 11.3 Å². The topological polar surface area (TPSA) is 38.9 Å². The number of unbranched alkanes of at least 4 members (excludes halogenated alkanes) is 8. The molecule has 1 rings (SSSR count). The maximum atomic E-state index is 6.13. The van der Waals surface area contributed by atoms with E-state index in [9.17, 15) is 0 Å². The largest absolute Gasteiger partial charge is 0.327 e. The molecule has 1 aromatic heterocycles. The van der Waals surface area contributed by atoms with Gasteiger partial charge in [0.05, 0.1) is 5.01 Å². The fraction of sp³-hybridized carbons (Fsp3) is 0.812. The summed E-state index contributed by atoms with van der Waals surface area (Å²) in [7, 11) is 0. The van der Waals surface area contributed by atoms with E-state index in [2.05, 4.69) is 11.9 Å². The summed E-state index contributed by atoms with van der Waals surface area (Å²) in [5, 5.41) is 3.21. The van der Waals surface area contributed by atoms with Gasteiger partial charge in [-0.25, -0.2) is 4.98 Å². The molecule has 0 aliphatic heterocycles. The maximum absolute atomic E-state index is 6.13. The van der Waals surface area contributed by atoms with Crippen molar-refractivity contribution in [3.63, 3.8) is 0 Å². The summed E-state index contributed by atoms with van der Waals surface area (Å²) in [6.07, 6.45) is 16.4. The lowest BCUT2D eigenvalue weighted by atomic mass is 10.0. The molecule has 110 valence electrons. The van der Waals surface area contributed by atoms with Crippen LogP contribution in [0.1, 0.15) is 76.1 Å². The fourth-order valence-electron chi connectivity index (χ4n) is 2.40. The maximum Gasteiger partial charge on any atom is 0.0940 e. The predicted octanol–water partition coefficient (Wildman–Crippen LogP) is 4.93. The van der Waals surface area contributed by atoms with Crippen LogP contribution in [0, 0.1) is 0 Å². The summed E-state index contributed by atoms with van der Waals surface area (Å²) < 4.78 is 0. The molecule has 0 aromatic carbocycles.